The van der Waals surface area contributed by atoms with Gasteiger partial charge in [0.15, 0.2) is 0 Å². The van der Waals surface area contributed by atoms with Crippen LogP contribution in [0.15, 0.2) is 18.2 Å². The molecule has 120 valence electrons. The molecule has 2 amide bonds. The minimum atomic E-state index is -0.0311. The fraction of sp³-hybridized carbons (Fsp3) is 0.588. The Morgan fingerprint density at radius 3 is 2.86 bits per heavy atom. The Balaban J connectivity index is 1.53. The van der Waals surface area contributed by atoms with Crippen LogP contribution in [-0.2, 0) is 0 Å². The van der Waals surface area contributed by atoms with Gasteiger partial charge >= 0.3 is 6.03 Å². The monoisotopic (exact) mass is 321 g/mol. The molecule has 0 aromatic heterocycles. The number of nitrogens with one attached hydrogen (secondary N) is 1. The molecular formula is C17H24ClN3O. The fourth-order valence-corrected chi connectivity index (χ4v) is 3.59. The molecule has 2 heterocycles. The van der Waals surface area contributed by atoms with Crippen LogP contribution >= 0.6 is 11.6 Å². The zero-order chi connectivity index (χ0) is 15.5. The lowest BCUT2D eigenvalue weighted by Crippen LogP contribution is -2.34. The van der Waals surface area contributed by atoms with E-state index in [1.54, 1.807) is 0 Å². The number of anilines is 1. The van der Waals surface area contributed by atoms with Gasteiger partial charge in [-0.1, -0.05) is 17.7 Å². The summed E-state index contributed by atoms with van der Waals surface area (Å²) in [6, 6.07) is 5.65. The molecule has 0 aliphatic carbocycles. The summed E-state index contributed by atoms with van der Waals surface area (Å²) in [5.74, 6) is 0.608. The van der Waals surface area contributed by atoms with Crippen molar-refractivity contribution in [2.75, 3.05) is 38.0 Å². The third-order valence-electron chi connectivity index (χ3n) is 4.65. The van der Waals surface area contributed by atoms with Crippen LogP contribution in [0, 0.1) is 12.8 Å². The van der Waals surface area contributed by atoms with Gasteiger partial charge in [0.1, 0.15) is 0 Å². The second-order valence-electron chi connectivity index (χ2n) is 6.52. The van der Waals surface area contributed by atoms with Gasteiger partial charge in [-0.25, -0.2) is 4.79 Å². The van der Waals surface area contributed by atoms with Gasteiger partial charge in [-0.3, -0.25) is 0 Å². The first kappa shape index (κ1) is 15.6. The summed E-state index contributed by atoms with van der Waals surface area (Å²) in [6.45, 7) is 7.27. The molecule has 1 N–H and O–H groups in total. The second kappa shape index (κ2) is 6.88. The van der Waals surface area contributed by atoms with Gasteiger partial charge in [-0.2, -0.15) is 0 Å². The van der Waals surface area contributed by atoms with Crippen LogP contribution in [-0.4, -0.2) is 48.6 Å². The van der Waals surface area contributed by atoms with Gasteiger partial charge in [0.2, 0.25) is 0 Å². The number of benzene rings is 1. The number of hydrogen-bond donors (Lipinski definition) is 1. The molecule has 2 aliphatic rings. The highest BCUT2D eigenvalue weighted by atomic mass is 35.5. The molecule has 2 aliphatic heterocycles. The molecule has 2 fully saturated rings. The number of hydrogen-bond acceptors (Lipinski definition) is 2. The van der Waals surface area contributed by atoms with Crippen LogP contribution in [0.4, 0.5) is 10.5 Å². The van der Waals surface area contributed by atoms with Crippen LogP contribution in [0.3, 0.4) is 0 Å². The van der Waals surface area contributed by atoms with Crippen LogP contribution in [0.25, 0.3) is 0 Å². The summed E-state index contributed by atoms with van der Waals surface area (Å²) < 4.78 is 0. The number of amides is 2. The van der Waals surface area contributed by atoms with Gasteiger partial charge in [0, 0.05) is 19.6 Å². The molecule has 1 atom stereocenters. The first-order chi connectivity index (χ1) is 10.6. The van der Waals surface area contributed by atoms with Crippen LogP contribution in [0.5, 0.6) is 0 Å². The molecule has 22 heavy (non-hydrogen) atoms. The van der Waals surface area contributed by atoms with E-state index in [0.29, 0.717) is 16.6 Å². The Labute approximate surface area is 137 Å². The molecule has 3 rings (SSSR count). The molecular weight excluding hydrogens is 298 g/mol. The third kappa shape index (κ3) is 3.73. The molecule has 1 aromatic rings. The van der Waals surface area contributed by atoms with E-state index in [4.69, 9.17) is 11.6 Å². The van der Waals surface area contributed by atoms with Crippen LogP contribution < -0.4 is 5.32 Å². The highest BCUT2D eigenvalue weighted by Gasteiger charge is 2.28. The predicted octanol–water partition coefficient (Wildman–Crippen LogP) is 3.60. The summed E-state index contributed by atoms with van der Waals surface area (Å²) in [7, 11) is 0. The number of halogens is 1. The Kier molecular flexibility index (Phi) is 4.89. The molecule has 0 bridgehead atoms. The first-order valence-corrected chi connectivity index (χ1v) is 8.54. The molecule has 0 spiro atoms. The lowest BCUT2D eigenvalue weighted by atomic mass is 10.1. The van der Waals surface area contributed by atoms with Crippen molar-refractivity contribution in [3.05, 3.63) is 28.8 Å². The van der Waals surface area contributed by atoms with E-state index >= 15 is 0 Å². The Hall–Kier alpha value is -1.26. The highest BCUT2D eigenvalue weighted by Crippen LogP contribution is 2.25. The van der Waals surface area contributed by atoms with Crippen LogP contribution in [0.2, 0.25) is 5.02 Å². The average molecular weight is 322 g/mol. The molecule has 0 unspecified atom stereocenters. The molecule has 1 aromatic carbocycles. The number of nitrogens with zero attached hydrogens (tertiary/aromatic N) is 2. The summed E-state index contributed by atoms with van der Waals surface area (Å²) in [5, 5.41) is 3.54. The van der Waals surface area contributed by atoms with E-state index in [-0.39, 0.29) is 6.03 Å². The number of carbonyl (C=O) groups is 1. The summed E-state index contributed by atoms with van der Waals surface area (Å²) in [6.07, 6.45) is 3.75. The summed E-state index contributed by atoms with van der Waals surface area (Å²) in [5.41, 5.74) is 1.79. The van der Waals surface area contributed by atoms with E-state index in [9.17, 15) is 4.79 Å². The zero-order valence-corrected chi connectivity index (χ0v) is 13.9. The number of aryl methyl sites for hydroxylation is 1. The van der Waals surface area contributed by atoms with E-state index in [1.807, 2.05) is 30.0 Å². The van der Waals surface area contributed by atoms with E-state index < -0.39 is 0 Å². The normalized spacial score (nSPS) is 22.3. The van der Waals surface area contributed by atoms with Gasteiger partial charge in [0.05, 0.1) is 10.7 Å². The fourth-order valence-electron chi connectivity index (χ4n) is 3.43. The molecule has 0 saturated carbocycles. The quantitative estimate of drug-likeness (QED) is 0.923. The predicted molar refractivity (Wildman–Crippen MR) is 90.6 cm³/mol. The van der Waals surface area contributed by atoms with E-state index in [2.05, 4.69) is 10.2 Å². The van der Waals surface area contributed by atoms with Crippen molar-refractivity contribution < 1.29 is 4.79 Å². The van der Waals surface area contributed by atoms with E-state index in [1.165, 1.54) is 25.9 Å². The molecule has 2 saturated heterocycles. The lowest BCUT2D eigenvalue weighted by Gasteiger charge is -2.21. The number of likely N-dealkylation sites (tertiary alicyclic amines) is 2. The van der Waals surface area contributed by atoms with Crippen molar-refractivity contribution in [3.63, 3.8) is 0 Å². The largest absolute Gasteiger partial charge is 0.324 e. The van der Waals surface area contributed by atoms with E-state index in [0.717, 1.165) is 31.6 Å². The zero-order valence-electron chi connectivity index (χ0n) is 13.1. The minimum Gasteiger partial charge on any atom is -0.324 e. The Morgan fingerprint density at radius 2 is 2.09 bits per heavy atom. The number of rotatable bonds is 3. The molecule has 0 radical (unpaired) electrons. The summed E-state index contributed by atoms with van der Waals surface area (Å²) >= 11 is 6.15. The molecule has 5 heteroatoms. The maximum absolute atomic E-state index is 12.4. The van der Waals surface area contributed by atoms with Crippen LogP contribution in [0.1, 0.15) is 24.8 Å². The maximum atomic E-state index is 12.4. The van der Waals surface area contributed by atoms with Gasteiger partial charge in [-0.15, -0.1) is 0 Å². The minimum absolute atomic E-state index is 0.0311. The van der Waals surface area contributed by atoms with Crippen molar-refractivity contribution in [2.45, 2.75) is 26.2 Å². The smallest absolute Gasteiger partial charge is 0.321 e. The third-order valence-corrected chi connectivity index (χ3v) is 4.98. The van der Waals surface area contributed by atoms with Crippen molar-refractivity contribution >= 4 is 23.3 Å². The maximum Gasteiger partial charge on any atom is 0.321 e. The molecule has 4 nitrogen and oxygen atoms in total. The van der Waals surface area contributed by atoms with Crippen molar-refractivity contribution in [1.82, 2.24) is 9.80 Å². The van der Waals surface area contributed by atoms with Crippen molar-refractivity contribution in [2.24, 2.45) is 5.92 Å². The SMILES string of the molecule is Cc1ccc(Cl)c(NC(=O)N2CC[C@@H](CN3CCCC3)C2)c1. The lowest BCUT2D eigenvalue weighted by molar-refractivity contribution is 0.217. The number of carbonyl (C=O) groups excluding carboxylic acids is 1. The van der Waals surface area contributed by atoms with Gasteiger partial charge in [-0.05, 0) is 62.9 Å². The highest BCUT2D eigenvalue weighted by molar-refractivity contribution is 6.33. The average Bonchev–Trinajstić information content (AvgIpc) is 3.15. The number of urea groups is 1. The standard InChI is InChI=1S/C17H24ClN3O/c1-13-4-5-15(18)16(10-13)19-17(22)21-9-6-14(12-21)11-20-7-2-3-8-20/h4-5,10,14H,2-3,6-9,11-12H2,1H3,(H,19,22)/t14-/m0/s1. The second-order valence-corrected chi connectivity index (χ2v) is 6.93. The summed E-state index contributed by atoms with van der Waals surface area (Å²) in [4.78, 5) is 16.9. The Morgan fingerprint density at radius 1 is 1.32 bits per heavy atom. The van der Waals surface area contributed by atoms with Crippen molar-refractivity contribution in [3.8, 4) is 0 Å². The van der Waals surface area contributed by atoms with Gasteiger partial charge in [0.25, 0.3) is 0 Å². The first-order valence-electron chi connectivity index (χ1n) is 8.16. The van der Waals surface area contributed by atoms with Gasteiger partial charge < -0.3 is 15.1 Å². The topological polar surface area (TPSA) is 35.6 Å². The Bertz CT molecular complexity index is 543. The van der Waals surface area contributed by atoms with Crippen molar-refractivity contribution in [1.29, 1.82) is 0 Å².